The van der Waals surface area contributed by atoms with Crippen LogP contribution in [0.15, 0.2) is 79.4 Å². The minimum atomic E-state index is -0.208. The highest BCUT2D eigenvalue weighted by atomic mass is 16.5. The topological polar surface area (TPSA) is 77.0 Å². The Morgan fingerprint density at radius 3 is 2.60 bits per heavy atom. The predicted molar refractivity (Wildman–Crippen MR) is 116 cm³/mol. The number of ether oxygens (including phenoxy) is 1. The first kappa shape index (κ1) is 19.3. The molecule has 6 nitrogen and oxygen atoms in total. The normalized spacial score (nSPS) is 10.5. The van der Waals surface area contributed by atoms with Gasteiger partial charge in [0.15, 0.2) is 0 Å². The monoisotopic (exact) mass is 396 g/mol. The number of nitrogens with zero attached hydrogens (tertiary/aromatic N) is 3. The number of aromatic nitrogens is 3. The second-order valence-electron chi connectivity index (χ2n) is 6.83. The molecule has 4 rings (SSSR count). The molecule has 0 bridgehead atoms. The third-order valence-electron chi connectivity index (χ3n) is 4.70. The van der Waals surface area contributed by atoms with E-state index in [2.05, 4.69) is 20.3 Å². The second kappa shape index (κ2) is 8.53. The summed E-state index contributed by atoms with van der Waals surface area (Å²) < 4.78 is 5.99. The Bertz CT molecular complexity index is 1190. The molecule has 0 unspecified atom stereocenters. The summed E-state index contributed by atoms with van der Waals surface area (Å²) >= 11 is 0. The van der Waals surface area contributed by atoms with Crippen LogP contribution in [0.3, 0.4) is 0 Å². The summed E-state index contributed by atoms with van der Waals surface area (Å²) in [5, 5.41) is 2.93. The molecule has 2 aromatic carbocycles. The Morgan fingerprint density at radius 1 is 0.900 bits per heavy atom. The summed E-state index contributed by atoms with van der Waals surface area (Å²) in [6, 6.07) is 18.3. The molecule has 6 heteroatoms. The highest BCUT2D eigenvalue weighted by Crippen LogP contribution is 2.30. The van der Waals surface area contributed by atoms with Crippen molar-refractivity contribution >= 4 is 11.6 Å². The average Bonchev–Trinajstić information content (AvgIpc) is 2.77. The summed E-state index contributed by atoms with van der Waals surface area (Å²) in [4.78, 5) is 25.2. The van der Waals surface area contributed by atoms with Crippen LogP contribution in [0.4, 0.5) is 5.69 Å². The molecule has 0 fully saturated rings. The van der Waals surface area contributed by atoms with Crippen LogP contribution in [0, 0.1) is 13.8 Å². The molecular weight excluding hydrogens is 376 g/mol. The number of carbonyl (C=O) groups excluding carboxylic acids is 1. The summed E-state index contributed by atoms with van der Waals surface area (Å²) in [7, 11) is 0. The number of aryl methyl sites for hydroxylation is 2. The van der Waals surface area contributed by atoms with Gasteiger partial charge in [-0.05, 0) is 73.5 Å². The number of hydrogen-bond donors (Lipinski definition) is 1. The van der Waals surface area contributed by atoms with Crippen molar-refractivity contribution in [2.45, 2.75) is 13.8 Å². The summed E-state index contributed by atoms with van der Waals surface area (Å²) in [5.74, 6) is 0.709. The van der Waals surface area contributed by atoms with Gasteiger partial charge < -0.3 is 10.1 Å². The lowest BCUT2D eigenvalue weighted by Crippen LogP contribution is -2.12. The van der Waals surface area contributed by atoms with Crippen molar-refractivity contribution in [2.75, 3.05) is 5.32 Å². The smallest absolute Gasteiger partial charge is 0.255 e. The fourth-order valence-corrected chi connectivity index (χ4v) is 2.95. The van der Waals surface area contributed by atoms with Crippen LogP contribution in [-0.2, 0) is 0 Å². The Hall–Kier alpha value is -4.06. The zero-order valence-electron chi connectivity index (χ0n) is 16.7. The molecule has 0 aliphatic carbocycles. The van der Waals surface area contributed by atoms with Crippen LogP contribution in [0.25, 0.3) is 11.3 Å². The molecule has 2 heterocycles. The van der Waals surface area contributed by atoms with E-state index in [1.54, 1.807) is 42.7 Å². The van der Waals surface area contributed by atoms with E-state index < -0.39 is 0 Å². The molecule has 0 saturated carbocycles. The molecule has 30 heavy (non-hydrogen) atoms. The number of benzene rings is 2. The van der Waals surface area contributed by atoms with Gasteiger partial charge in [-0.3, -0.25) is 4.79 Å². The lowest BCUT2D eigenvalue weighted by Gasteiger charge is -2.11. The minimum Gasteiger partial charge on any atom is -0.438 e. The number of nitrogens with one attached hydrogen (secondary N) is 1. The minimum absolute atomic E-state index is 0.208. The molecule has 0 atom stereocenters. The maximum atomic E-state index is 12.7. The van der Waals surface area contributed by atoms with Crippen molar-refractivity contribution < 1.29 is 9.53 Å². The number of hydrogen-bond acceptors (Lipinski definition) is 5. The third kappa shape index (κ3) is 4.33. The Balaban J connectivity index is 1.56. The van der Waals surface area contributed by atoms with Gasteiger partial charge in [-0.1, -0.05) is 12.1 Å². The first-order valence-electron chi connectivity index (χ1n) is 9.48. The van der Waals surface area contributed by atoms with Gasteiger partial charge in [-0.15, -0.1) is 0 Å². The van der Waals surface area contributed by atoms with E-state index in [9.17, 15) is 4.79 Å². The number of anilines is 1. The molecule has 0 aliphatic heterocycles. The fraction of sp³-hybridized carbons (Fsp3) is 0.0833. The van der Waals surface area contributed by atoms with E-state index >= 15 is 0 Å². The van der Waals surface area contributed by atoms with Gasteiger partial charge in [0.05, 0.1) is 11.3 Å². The summed E-state index contributed by atoms with van der Waals surface area (Å²) in [6.45, 7) is 4.05. The fourth-order valence-electron chi connectivity index (χ4n) is 2.95. The van der Waals surface area contributed by atoms with Crippen molar-refractivity contribution in [3.63, 3.8) is 0 Å². The van der Waals surface area contributed by atoms with E-state index in [1.165, 1.54) is 11.9 Å². The van der Waals surface area contributed by atoms with Crippen LogP contribution in [0.1, 0.15) is 21.5 Å². The van der Waals surface area contributed by atoms with E-state index in [0.29, 0.717) is 22.9 Å². The maximum Gasteiger partial charge on any atom is 0.255 e. The standard InChI is InChI=1S/C24H20N4O2/c1-16-8-9-19(13-17(16)2)28-23(29)18-5-3-6-20(14-18)30-24-21(7-4-11-26-24)22-10-12-25-15-27-22/h3-15H,1-2H3,(H,28,29). The van der Waals surface area contributed by atoms with Gasteiger partial charge in [0.25, 0.3) is 5.91 Å². The average molecular weight is 396 g/mol. The van der Waals surface area contributed by atoms with E-state index in [4.69, 9.17) is 4.74 Å². The van der Waals surface area contributed by atoms with Gasteiger partial charge in [0.1, 0.15) is 12.1 Å². The quantitative estimate of drug-likeness (QED) is 0.502. The number of rotatable bonds is 5. The lowest BCUT2D eigenvalue weighted by atomic mass is 10.1. The molecule has 1 amide bonds. The van der Waals surface area contributed by atoms with E-state index in [1.807, 2.05) is 44.2 Å². The largest absolute Gasteiger partial charge is 0.438 e. The lowest BCUT2D eigenvalue weighted by molar-refractivity contribution is 0.102. The maximum absolute atomic E-state index is 12.7. The van der Waals surface area contributed by atoms with Gasteiger partial charge in [0, 0.05) is 23.6 Å². The van der Waals surface area contributed by atoms with Gasteiger partial charge in [0.2, 0.25) is 5.88 Å². The molecule has 0 aliphatic rings. The van der Waals surface area contributed by atoms with Crippen LogP contribution in [-0.4, -0.2) is 20.9 Å². The molecule has 0 saturated heterocycles. The Labute approximate surface area is 174 Å². The third-order valence-corrected chi connectivity index (χ3v) is 4.70. The number of amides is 1. The molecule has 1 N–H and O–H groups in total. The first-order chi connectivity index (χ1) is 14.6. The molecule has 4 aromatic rings. The van der Waals surface area contributed by atoms with Crippen molar-refractivity contribution in [3.05, 3.63) is 96.1 Å². The summed E-state index contributed by atoms with van der Waals surface area (Å²) in [6.07, 6.45) is 4.79. The zero-order valence-corrected chi connectivity index (χ0v) is 16.7. The Kier molecular flexibility index (Phi) is 5.48. The van der Waals surface area contributed by atoms with E-state index in [0.717, 1.165) is 16.8 Å². The van der Waals surface area contributed by atoms with Crippen molar-refractivity contribution in [1.29, 1.82) is 0 Å². The van der Waals surface area contributed by atoms with Crippen molar-refractivity contribution in [3.8, 4) is 22.9 Å². The SMILES string of the molecule is Cc1ccc(NC(=O)c2cccc(Oc3ncccc3-c3ccncn3)c2)cc1C. The van der Waals surface area contributed by atoms with Gasteiger partial charge >= 0.3 is 0 Å². The van der Waals surface area contributed by atoms with Crippen LogP contribution in [0.2, 0.25) is 0 Å². The Morgan fingerprint density at radius 2 is 1.80 bits per heavy atom. The molecule has 148 valence electrons. The molecule has 0 radical (unpaired) electrons. The molecule has 0 spiro atoms. The van der Waals surface area contributed by atoms with Crippen LogP contribution >= 0.6 is 0 Å². The molecular formula is C24H20N4O2. The second-order valence-corrected chi connectivity index (χ2v) is 6.83. The summed E-state index contributed by atoms with van der Waals surface area (Å²) in [5.41, 5.74) is 4.99. The van der Waals surface area contributed by atoms with Crippen LogP contribution in [0.5, 0.6) is 11.6 Å². The number of carbonyl (C=O) groups is 1. The zero-order chi connectivity index (χ0) is 20.9. The highest BCUT2D eigenvalue weighted by molar-refractivity contribution is 6.04. The van der Waals surface area contributed by atoms with Gasteiger partial charge in [-0.25, -0.2) is 15.0 Å². The molecule has 2 aromatic heterocycles. The van der Waals surface area contributed by atoms with E-state index in [-0.39, 0.29) is 5.91 Å². The number of pyridine rings is 1. The van der Waals surface area contributed by atoms with Crippen molar-refractivity contribution in [1.82, 2.24) is 15.0 Å². The van der Waals surface area contributed by atoms with Gasteiger partial charge in [-0.2, -0.15) is 0 Å². The first-order valence-corrected chi connectivity index (χ1v) is 9.48. The predicted octanol–water partition coefficient (Wildman–Crippen LogP) is 5.20. The van der Waals surface area contributed by atoms with Crippen molar-refractivity contribution in [2.24, 2.45) is 0 Å². The van der Waals surface area contributed by atoms with Crippen LogP contribution < -0.4 is 10.1 Å². The highest BCUT2D eigenvalue weighted by Gasteiger charge is 2.12.